The van der Waals surface area contributed by atoms with E-state index in [4.69, 9.17) is 4.74 Å². The Balaban J connectivity index is 1.29. The summed E-state index contributed by atoms with van der Waals surface area (Å²) < 4.78 is 160. The molecule has 1 saturated carbocycles. The van der Waals surface area contributed by atoms with E-state index >= 15 is 8.78 Å². The Morgan fingerprint density at radius 3 is 1.83 bits per heavy atom. The van der Waals surface area contributed by atoms with Gasteiger partial charge in [-0.3, -0.25) is 0 Å². The summed E-state index contributed by atoms with van der Waals surface area (Å²) in [6.07, 6.45) is -10.6. The summed E-state index contributed by atoms with van der Waals surface area (Å²) in [6.45, 7) is 1.92. The summed E-state index contributed by atoms with van der Waals surface area (Å²) in [4.78, 5) is 0. The molecule has 250 valence electrons. The number of alkyl halides is 7. The van der Waals surface area contributed by atoms with Crippen LogP contribution in [-0.4, -0.2) is 12.5 Å². The minimum absolute atomic E-state index is 0.00277. The summed E-state index contributed by atoms with van der Waals surface area (Å²) in [7, 11) is 0. The molecule has 0 N–H and O–H groups in total. The van der Waals surface area contributed by atoms with Gasteiger partial charge in [0.1, 0.15) is 34.6 Å². The number of hydrogen-bond acceptors (Lipinski definition) is 2. The molecule has 4 aromatic rings. The molecule has 0 aliphatic heterocycles. The number of benzene rings is 4. The van der Waals surface area contributed by atoms with Crippen molar-refractivity contribution < 1.29 is 57.8 Å². The van der Waals surface area contributed by atoms with E-state index in [0.29, 0.717) is 25.0 Å². The highest BCUT2D eigenvalue weighted by atomic mass is 19.4. The molecule has 1 fully saturated rings. The maximum Gasteiger partial charge on any atom is 0.527 e. The molecule has 1 aliphatic carbocycles. The Kier molecular flexibility index (Phi) is 9.33. The van der Waals surface area contributed by atoms with Gasteiger partial charge in [0, 0.05) is 12.1 Å². The largest absolute Gasteiger partial charge is 0.527 e. The van der Waals surface area contributed by atoms with Crippen molar-refractivity contribution in [1.82, 2.24) is 0 Å². The van der Waals surface area contributed by atoms with Gasteiger partial charge in [-0.25, -0.2) is 22.3 Å². The van der Waals surface area contributed by atoms with Gasteiger partial charge in [-0.05, 0) is 84.2 Å². The maximum atomic E-state index is 15.2. The molecule has 0 unspecified atom stereocenters. The lowest BCUT2D eigenvalue weighted by Crippen LogP contribution is -2.37. The van der Waals surface area contributed by atoms with Crippen LogP contribution in [0.25, 0.3) is 28.0 Å². The molecule has 0 saturated heterocycles. The molecule has 0 bridgehead atoms. The lowest BCUT2D eigenvalue weighted by molar-refractivity contribution is -0.432. The van der Waals surface area contributed by atoms with Crippen molar-refractivity contribution >= 4 is 16.8 Å². The van der Waals surface area contributed by atoms with Crippen molar-refractivity contribution in [1.29, 1.82) is 0 Å². The number of ether oxygens (including phenoxy) is 2. The standard InChI is InChI=1S/C34H25F11O2/c1-2-3-18-4-5-22-13-21(7-6-20(22)12-18)19-8-10-24(11-9-19)32(39,40)46-25-16-26(35)30(27(36)17-25)23-14-28(37)31(29(38)15-23)33(41,42)47-34(43,44)45/h2-7,12-17,19,24H,8-11H2,1H3/b3-2+. The third kappa shape index (κ3) is 7.55. The number of hydrogen-bond donors (Lipinski definition) is 0. The van der Waals surface area contributed by atoms with Crippen molar-refractivity contribution in [3.05, 3.63) is 107 Å². The van der Waals surface area contributed by atoms with E-state index < -0.39 is 70.2 Å². The van der Waals surface area contributed by atoms with Crippen molar-refractivity contribution in [2.75, 3.05) is 0 Å². The van der Waals surface area contributed by atoms with Gasteiger partial charge in [0.15, 0.2) is 0 Å². The second kappa shape index (κ2) is 12.8. The molecule has 2 nitrogen and oxygen atoms in total. The first kappa shape index (κ1) is 34.2. The smallest absolute Gasteiger partial charge is 0.432 e. The molecule has 47 heavy (non-hydrogen) atoms. The first-order chi connectivity index (χ1) is 22.0. The second-order valence-corrected chi connectivity index (χ2v) is 11.2. The van der Waals surface area contributed by atoms with Crippen molar-refractivity contribution in [3.63, 3.8) is 0 Å². The third-order valence-corrected chi connectivity index (χ3v) is 8.06. The molecule has 0 heterocycles. The SMILES string of the molecule is C/C=C/c1ccc2cc(C3CCC(C(F)(F)Oc4cc(F)c(-c5cc(F)c(C(F)(F)OC(F)(F)F)c(F)c5)c(F)c4)CC3)ccc2c1. The molecule has 13 heteroatoms. The second-order valence-electron chi connectivity index (χ2n) is 11.2. The minimum Gasteiger partial charge on any atom is -0.432 e. The highest BCUT2D eigenvalue weighted by Gasteiger charge is 2.50. The van der Waals surface area contributed by atoms with Gasteiger partial charge in [-0.15, -0.1) is 13.2 Å². The van der Waals surface area contributed by atoms with E-state index in [-0.39, 0.29) is 30.9 Å². The third-order valence-electron chi connectivity index (χ3n) is 8.06. The Hall–Kier alpha value is -4.13. The molecular weight excluding hydrogens is 649 g/mol. The molecule has 0 amide bonds. The molecule has 0 radical (unpaired) electrons. The van der Waals surface area contributed by atoms with Crippen LogP contribution in [0.1, 0.15) is 55.2 Å². The van der Waals surface area contributed by atoms with Gasteiger partial charge >= 0.3 is 18.6 Å². The maximum absolute atomic E-state index is 15.2. The van der Waals surface area contributed by atoms with E-state index in [9.17, 15) is 39.5 Å². The first-order valence-corrected chi connectivity index (χ1v) is 14.3. The summed E-state index contributed by atoms with van der Waals surface area (Å²) in [5, 5.41) is 2.04. The molecule has 5 rings (SSSR count). The van der Waals surface area contributed by atoms with Crippen LogP contribution in [0.4, 0.5) is 48.3 Å². The number of rotatable bonds is 8. The Morgan fingerprint density at radius 1 is 0.681 bits per heavy atom. The summed E-state index contributed by atoms with van der Waals surface area (Å²) >= 11 is 0. The highest BCUT2D eigenvalue weighted by molar-refractivity contribution is 5.85. The Bertz CT molecular complexity index is 1760. The minimum atomic E-state index is -5.98. The van der Waals surface area contributed by atoms with Gasteiger partial charge in [0.25, 0.3) is 0 Å². The van der Waals surface area contributed by atoms with E-state index in [0.717, 1.165) is 21.9 Å². The van der Waals surface area contributed by atoms with Crippen LogP contribution < -0.4 is 4.74 Å². The van der Waals surface area contributed by atoms with Gasteiger partial charge < -0.3 is 4.74 Å². The summed E-state index contributed by atoms with van der Waals surface area (Å²) in [6, 6.07) is 12.5. The fraction of sp³-hybridized carbons (Fsp3) is 0.294. The Morgan fingerprint density at radius 2 is 1.26 bits per heavy atom. The van der Waals surface area contributed by atoms with Gasteiger partial charge in [0.05, 0.1) is 11.5 Å². The fourth-order valence-electron chi connectivity index (χ4n) is 5.91. The van der Waals surface area contributed by atoms with Crippen LogP contribution in [0.5, 0.6) is 5.75 Å². The molecule has 0 spiro atoms. The molecule has 0 aromatic heterocycles. The monoisotopic (exact) mass is 674 g/mol. The van der Waals surface area contributed by atoms with E-state index in [1.807, 2.05) is 55.5 Å². The van der Waals surface area contributed by atoms with Crippen LogP contribution in [0.3, 0.4) is 0 Å². The van der Waals surface area contributed by atoms with Gasteiger partial charge in [0.2, 0.25) is 0 Å². The summed E-state index contributed by atoms with van der Waals surface area (Å²) in [5.41, 5.74) is -2.67. The number of halogens is 11. The number of allylic oxidation sites excluding steroid dienone is 1. The number of fused-ring (bicyclic) bond motifs is 1. The Labute approximate surface area is 261 Å². The van der Waals surface area contributed by atoms with E-state index in [1.165, 1.54) is 0 Å². The van der Waals surface area contributed by atoms with E-state index in [1.54, 1.807) is 0 Å². The van der Waals surface area contributed by atoms with Gasteiger partial charge in [-0.2, -0.15) is 17.6 Å². The predicted molar refractivity (Wildman–Crippen MR) is 152 cm³/mol. The average molecular weight is 675 g/mol. The molecule has 4 aromatic carbocycles. The highest BCUT2D eigenvalue weighted by Crippen LogP contribution is 2.45. The normalized spacial score (nSPS) is 17.9. The van der Waals surface area contributed by atoms with Crippen LogP contribution in [0.2, 0.25) is 0 Å². The average Bonchev–Trinajstić information content (AvgIpc) is 2.95. The van der Waals surface area contributed by atoms with Crippen LogP contribution in [0.15, 0.2) is 66.7 Å². The lowest BCUT2D eigenvalue weighted by atomic mass is 9.78. The van der Waals surface area contributed by atoms with Crippen molar-refractivity contribution in [2.45, 2.75) is 57.1 Å². The molecule has 0 atom stereocenters. The van der Waals surface area contributed by atoms with Crippen LogP contribution >= 0.6 is 0 Å². The van der Waals surface area contributed by atoms with Crippen molar-refractivity contribution in [2.24, 2.45) is 5.92 Å². The van der Waals surface area contributed by atoms with E-state index in [2.05, 4.69) is 4.74 Å². The molecule has 1 aliphatic rings. The fourth-order valence-corrected chi connectivity index (χ4v) is 5.91. The quantitative estimate of drug-likeness (QED) is 0.173. The van der Waals surface area contributed by atoms with Crippen LogP contribution in [-0.2, 0) is 10.8 Å². The lowest BCUT2D eigenvalue weighted by Gasteiger charge is -2.33. The zero-order chi connectivity index (χ0) is 34.3. The summed E-state index contributed by atoms with van der Waals surface area (Å²) in [5.74, 6) is -10.2. The zero-order valence-corrected chi connectivity index (χ0v) is 24.4. The van der Waals surface area contributed by atoms with Crippen molar-refractivity contribution in [3.8, 4) is 16.9 Å². The predicted octanol–water partition coefficient (Wildman–Crippen LogP) is 11.6. The zero-order valence-electron chi connectivity index (χ0n) is 24.4. The topological polar surface area (TPSA) is 18.5 Å². The van der Waals surface area contributed by atoms with Crippen LogP contribution in [0, 0.1) is 29.2 Å². The first-order valence-electron chi connectivity index (χ1n) is 14.3. The van der Waals surface area contributed by atoms with Gasteiger partial charge in [-0.1, -0.05) is 42.5 Å². The molecular formula is C34H25F11O2.